The Hall–Kier alpha value is -0.810. The molecule has 0 bridgehead atoms. The van der Waals surface area contributed by atoms with Crippen molar-refractivity contribution in [2.24, 2.45) is 0 Å². The van der Waals surface area contributed by atoms with Gasteiger partial charge in [0.1, 0.15) is 12.5 Å². The zero-order valence-corrected chi connectivity index (χ0v) is 7.77. The van der Waals surface area contributed by atoms with Crippen molar-refractivity contribution >= 4 is 6.09 Å². The predicted molar refractivity (Wildman–Crippen MR) is 42.8 cm³/mol. The van der Waals surface area contributed by atoms with E-state index in [-0.39, 0.29) is 0 Å². The second kappa shape index (κ2) is 4.95. The van der Waals surface area contributed by atoms with Crippen molar-refractivity contribution in [3.8, 4) is 0 Å². The summed E-state index contributed by atoms with van der Waals surface area (Å²) >= 11 is 0. The Labute approximate surface area is 71.9 Å². The van der Waals surface area contributed by atoms with E-state index in [0.717, 1.165) is 4.90 Å². The van der Waals surface area contributed by atoms with E-state index in [1.165, 1.54) is 14.2 Å². The lowest BCUT2D eigenvalue weighted by Gasteiger charge is -2.29. The molecule has 0 fully saturated rings. The zero-order valence-electron chi connectivity index (χ0n) is 7.77. The largest absolute Gasteiger partial charge is 0.465 e. The maximum absolute atomic E-state index is 10.7. The van der Waals surface area contributed by atoms with E-state index in [0.29, 0.717) is 0 Å². The van der Waals surface area contributed by atoms with Crippen molar-refractivity contribution < 1.29 is 19.4 Å². The molecule has 0 rings (SSSR count). The lowest BCUT2D eigenvalue weighted by atomic mass is 10.4. The second-order valence-corrected chi connectivity index (χ2v) is 2.36. The number of nitrogens with zero attached hydrogens (tertiary/aromatic N) is 1. The van der Waals surface area contributed by atoms with Gasteiger partial charge in [-0.25, -0.2) is 4.79 Å². The summed E-state index contributed by atoms with van der Waals surface area (Å²) in [5, 5.41) is 8.74. The molecule has 0 aromatic heterocycles. The molecule has 72 valence electrons. The van der Waals surface area contributed by atoms with Gasteiger partial charge in [0.15, 0.2) is 0 Å². The lowest BCUT2D eigenvalue weighted by Crippen LogP contribution is -2.45. The van der Waals surface area contributed by atoms with Crippen LogP contribution in [0.5, 0.6) is 0 Å². The second-order valence-electron chi connectivity index (χ2n) is 2.36. The highest BCUT2D eigenvalue weighted by Gasteiger charge is 2.24. The van der Waals surface area contributed by atoms with E-state index in [4.69, 9.17) is 14.6 Å². The van der Waals surface area contributed by atoms with Crippen LogP contribution in [-0.2, 0) is 9.47 Å². The summed E-state index contributed by atoms with van der Waals surface area (Å²) < 4.78 is 9.72. The van der Waals surface area contributed by atoms with Crippen molar-refractivity contribution in [1.82, 2.24) is 4.90 Å². The summed E-state index contributed by atoms with van der Waals surface area (Å²) in [6.07, 6.45) is -2.06. The molecule has 0 saturated carbocycles. The fraction of sp³-hybridized carbons (Fsp3) is 0.857. The van der Waals surface area contributed by atoms with Crippen molar-refractivity contribution in [2.45, 2.75) is 26.3 Å². The van der Waals surface area contributed by atoms with Gasteiger partial charge in [-0.3, -0.25) is 4.90 Å². The molecule has 5 nitrogen and oxygen atoms in total. The first kappa shape index (κ1) is 11.2. The Balaban J connectivity index is 4.32. The van der Waals surface area contributed by atoms with Gasteiger partial charge in [0.05, 0.1) is 0 Å². The van der Waals surface area contributed by atoms with Crippen LogP contribution in [-0.4, -0.2) is 42.8 Å². The highest BCUT2D eigenvalue weighted by molar-refractivity contribution is 5.65. The molecule has 0 aliphatic carbocycles. The van der Waals surface area contributed by atoms with Gasteiger partial charge in [0, 0.05) is 14.2 Å². The van der Waals surface area contributed by atoms with Crippen molar-refractivity contribution in [3.63, 3.8) is 0 Å². The number of rotatable bonds is 4. The standard InChI is InChI=1S/C7H15NO4/c1-5(11-3)8(7(9)10)6(2)12-4/h5-6H,1-4H3,(H,9,10). The number of amides is 1. The molecule has 5 heteroatoms. The van der Waals surface area contributed by atoms with Crippen molar-refractivity contribution in [2.75, 3.05) is 14.2 Å². The van der Waals surface area contributed by atoms with E-state index >= 15 is 0 Å². The minimum atomic E-state index is -1.06. The Morgan fingerprint density at radius 1 is 1.25 bits per heavy atom. The summed E-state index contributed by atoms with van der Waals surface area (Å²) in [5.41, 5.74) is 0. The monoisotopic (exact) mass is 177 g/mol. The van der Waals surface area contributed by atoms with Gasteiger partial charge < -0.3 is 14.6 Å². The van der Waals surface area contributed by atoms with Gasteiger partial charge in [-0.15, -0.1) is 0 Å². The summed E-state index contributed by atoms with van der Waals surface area (Å²) in [4.78, 5) is 11.7. The van der Waals surface area contributed by atoms with Crippen LogP contribution in [0.15, 0.2) is 0 Å². The van der Waals surface area contributed by atoms with Crippen LogP contribution in [0.3, 0.4) is 0 Å². The smallest absolute Gasteiger partial charge is 0.411 e. The summed E-state index contributed by atoms with van der Waals surface area (Å²) in [7, 11) is 2.89. The Kier molecular flexibility index (Phi) is 4.61. The van der Waals surface area contributed by atoms with Gasteiger partial charge in [-0.2, -0.15) is 0 Å². The maximum Gasteiger partial charge on any atom is 0.411 e. The van der Waals surface area contributed by atoms with Gasteiger partial charge in [-0.1, -0.05) is 0 Å². The number of ether oxygens (including phenoxy) is 2. The Morgan fingerprint density at radius 3 is 1.75 bits per heavy atom. The van der Waals surface area contributed by atoms with E-state index in [1.54, 1.807) is 13.8 Å². The average molecular weight is 177 g/mol. The molecular formula is C7H15NO4. The average Bonchev–Trinajstić information content (AvgIpc) is 2.03. The molecule has 0 radical (unpaired) electrons. The fourth-order valence-electron chi connectivity index (χ4n) is 0.834. The minimum Gasteiger partial charge on any atom is -0.465 e. The molecule has 0 aromatic rings. The highest BCUT2D eigenvalue weighted by Crippen LogP contribution is 2.06. The lowest BCUT2D eigenvalue weighted by molar-refractivity contribution is -0.0976. The molecule has 0 aromatic carbocycles. The van der Waals surface area contributed by atoms with Crippen LogP contribution in [0, 0.1) is 0 Å². The summed E-state index contributed by atoms with van der Waals surface area (Å²) in [6.45, 7) is 3.28. The van der Waals surface area contributed by atoms with E-state index in [1.807, 2.05) is 0 Å². The van der Waals surface area contributed by atoms with Gasteiger partial charge in [-0.05, 0) is 13.8 Å². The molecule has 0 heterocycles. The molecule has 2 unspecified atom stereocenters. The van der Waals surface area contributed by atoms with Crippen LogP contribution >= 0.6 is 0 Å². The third-order valence-corrected chi connectivity index (χ3v) is 1.69. The van der Waals surface area contributed by atoms with E-state index in [2.05, 4.69) is 0 Å². The first-order valence-electron chi connectivity index (χ1n) is 3.61. The van der Waals surface area contributed by atoms with Crippen molar-refractivity contribution in [1.29, 1.82) is 0 Å². The highest BCUT2D eigenvalue weighted by atomic mass is 16.5. The van der Waals surface area contributed by atoms with Crippen LogP contribution in [0.1, 0.15) is 13.8 Å². The topological polar surface area (TPSA) is 59.0 Å². The minimum absolute atomic E-state index is 0.502. The Morgan fingerprint density at radius 2 is 1.58 bits per heavy atom. The number of carbonyl (C=O) groups is 1. The van der Waals surface area contributed by atoms with E-state index in [9.17, 15) is 4.79 Å². The maximum atomic E-state index is 10.7. The normalized spacial score (nSPS) is 15.3. The van der Waals surface area contributed by atoms with Crippen LogP contribution < -0.4 is 0 Å². The molecule has 0 aliphatic heterocycles. The molecule has 1 amide bonds. The van der Waals surface area contributed by atoms with Crippen LogP contribution in [0.25, 0.3) is 0 Å². The van der Waals surface area contributed by atoms with Gasteiger partial charge in [0.25, 0.3) is 0 Å². The molecular weight excluding hydrogens is 162 g/mol. The number of hydrogen-bond donors (Lipinski definition) is 1. The Bertz CT molecular complexity index is 140. The van der Waals surface area contributed by atoms with Crippen LogP contribution in [0.2, 0.25) is 0 Å². The van der Waals surface area contributed by atoms with Crippen molar-refractivity contribution in [3.05, 3.63) is 0 Å². The first-order chi connectivity index (χ1) is 5.54. The number of methoxy groups -OCH3 is 2. The molecule has 2 atom stereocenters. The summed E-state index contributed by atoms with van der Waals surface area (Å²) in [5.74, 6) is 0. The SMILES string of the molecule is COC(C)N(C(=O)O)C(C)OC. The molecule has 0 aliphatic rings. The molecule has 1 N–H and O–H groups in total. The number of hydrogen-bond acceptors (Lipinski definition) is 3. The van der Waals surface area contributed by atoms with Gasteiger partial charge >= 0.3 is 6.09 Å². The quantitative estimate of drug-likeness (QED) is 0.649. The molecule has 0 spiro atoms. The zero-order chi connectivity index (χ0) is 9.72. The first-order valence-corrected chi connectivity index (χ1v) is 3.61. The van der Waals surface area contributed by atoms with Gasteiger partial charge in [0.2, 0.25) is 0 Å². The van der Waals surface area contributed by atoms with Crippen LogP contribution in [0.4, 0.5) is 4.79 Å². The number of carboxylic acid groups (broad SMARTS) is 1. The summed E-state index contributed by atoms with van der Waals surface area (Å²) in [6, 6.07) is 0. The predicted octanol–water partition coefficient (Wildman–Crippen LogP) is 0.951. The third-order valence-electron chi connectivity index (χ3n) is 1.69. The molecule has 12 heavy (non-hydrogen) atoms. The van der Waals surface area contributed by atoms with E-state index < -0.39 is 18.5 Å². The third kappa shape index (κ3) is 2.67. The molecule has 0 saturated heterocycles. The fourth-order valence-corrected chi connectivity index (χ4v) is 0.834.